The van der Waals surface area contributed by atoms with Gasteiger partial charge in [-0.25, -0.2) is 4.79 Å². The molecule has 1 aliphatic carbocycles. The van der Waals surface area contributed by atoms with Gasteiger partial charge >= 0.3 is 6.03 Å². The first-order valence-corrected chi connectivity index (χ1v) is 8.41. The number of amides is 2. The fourth-order valence-corrected chi connectivity index (χ4v) is 3.38. The van der Waals surface area contributed by atoms with Crippen molar-refractivity contribution in [3.05, 3.63) is 23.2 Å². The van der Waals surface area contributed by atoms with Crippen molar-refractivity contribution < 1.29 is 9.21 Å². The zero-order chi connectivity index (χ0) is 15.7. The summed E-state index contributed by atoms with van der Waals surface area (Å²) < 4.78 is 5.56. The highest BCUT2D eigenvalue weighted by Crippen LogP contribution is 2.27. The predicted molar refractivity (Wildman–Crippen MR) is 85.9 cm³/mol. The Morgan fingerprint density at radius 1 is 1.27 bits per heavy atom. The van der Waals surface area contributed by atoms with E-state index in [2.05, 4.69) is 10.2 Å². The molecule has 5 heteroatoms. The van der Waals surface area contributed by atoms with E-state index >= 15 is 0 Å². The Morgan fingerprint density at radius 3 is 2.68 bits per heavy atom. The Bertz CT molecular complexity index is 536. The molecule has 1 N–H and O–H groups in total. The zero-order valence-corrected chi connectivity index (χ0v) is 13.9. The summed E-state index contributed by atoms with van der Waals surface area (Å²) >= 11 is 0. The molecule has 1 saturated carbocycles. The second kappa shape index (κ2) is 6.32. The van der Waals surface area contributed by atoms with E-state index in [0.29, 0.717) is 0 Å². The highest BCUT2D eigenvalue weighted by molar-refractivity contribution is 5.74. The largest absolute Gasteiger partial charge is 0.466 e. The maximum Gasteiger partial charge on any atom is 0.317 e. The van der Waals surface area contributed by atoms with Crippen LogP contribution in [0.15, 0.2) is 10.5 Å². The molecule has 1 atom stereocenters. The van der Waals surface area contributed by atoms with E-state index in [-0.39, 0.29) is 12.1 Å². The number of hydrogen-bond donors (Lipinski definition) is 1. The van der Waals surface area contributed by atoms with Gasteiger partial charge in [0.2, 0.25) is 0 Å². The molecule has 2 fully saturated rings. The minimum absolute atomic E-state index is 0.0206. The molecule has 122 valence electrons. The first-order chi connectivity index (χ1) is 10.5. The van der Waals surface area contributed by atoms with Gasteiger partial charge < -0.3 is 14.6 Å². The van der Waals surface area contributed by atoms with Crippen molar-refractivity contribution in [3.8, 4) is 0 Å². The highest BCUT2D eigenvalue weighted by Gasteiger charge is 2.31. The van der Waals surface area contributed by atoms with Gasteiger partial charge in [0, 0.05) is 37.8 Å². The topological polar surface area (TPSA) is 48.7 Å². The molecule has 0 unspecified atom stereocenters. The fourth-order valence-electron chi connectivity index (χ4n) is 3.38. The van der Waals surface area contributed by atoms with E-state index in [4.69, 9.17) is 4.42 Å². The number of urea groups is 1. The van der Waals surface area contributed by atoms with Crippen LogP contribution in [0.5, 0.6) is 0 Å². The van der Waals surface area contributed by atoms with Crippen LogP contribution in [0.1, 0.15) is 49.3 Å². The van der Waals surface area contributed by atoms with Crippen LogP contribution in [0.4, 0.5) is 4.79 Å². The van der Waals surface area contributed by atoms with Crippen LogP contribution in [-0.2, 0) is 0 Å². The Morgan fingerprint density at radius 2 is 2.05 bits per heavy atom. The average molecular weight is 305 g/mol. The van der Waals surface area contributed by atoms with E-state index < -0.39 is 0 Å². The van der Waals surface area contributed by atoms with E-state index in [9.17, 15) is 4.79 Å². The van der Waals surface area contributed by atoms with Crippen LogP contribution in [0, 0.1) is 13.8 Å². The van der Waals surface area contributed by atoms with E-state index in [0.717, 1.165) is 55.7 Å². The lowest BCUT2D eigenvalue weighted by molar-refractivity contribution is 0.194. The van der Waals surface area contributed by atoms with Crippen LogP contribution in [-0.4, -0.2) is 48.1 Å². The van der Waals surface area contributed by atoms with Gasteiger partial charge in [0.05, 0.1) is 6.04 Å². The molecule has 1 aliphatic heterocycles. The van der Waals surface area contributed by atoms with Crippen LogP contribution < -0.4 is 5.32 Å². The van der Waals surface area contributed by atoms with E-state index in [1.54, 1.807) is 0 Å². The monoisotopic (exact) mass is 305 g/mol. The van der Waals surface area contributed by atoms with Gasteiger partial charge in [-0.2, -0.15) is 0 Å². The quantitative estimate of drug-likeness (QED) is 0.934. The molecule has 0 bridgehead atoms. The van der Waals surface area contributed by atoms with Crippen molar-refractivity contribution in [2.24, 2.45) is 0 Å². The third-order valence-corrected chi connectivity index (χ3v) is 4.77. The molecule has 3 rings (SSSR count). The van der Waals surface area contributed by atoms with Crippen LogP contribution in [0.2, 0.25) is 0 Å². The van der Waals surface area contributed by atoms with Gasteiger partial charge in [0.15, 0.2) is 0 Å². The molecule has 2 amide bonds. The summed E-state index contributed by atoms with van der Waals surface area (Å²) in [4.78, 5) is 17.0. The molecule has 0 radical (unpaired) electrons. The van der Waals surface area contributed by atoms with Crippen molar-refractivity contribution in [3.63, 3.8) is 0 Å². The molecular weight excluding hydrogens is 278 g/mol. The summed E-state index contributed by atoms with van der Waals surface area (Å²) in [6.45, 7) is 9.73. The molecule has 5 nitrogen and oxygen atoms in total. The number of aryl methyl sites for hydroxylation is 2. The third-order valence-electron chi connectivity index (χ3n) is 4.77. The van der Waals surface area contributed by atoms with Crippen molar-refractivity contribution in [1.29, 1.82) is 0 Å². The van der Waals surface area contributed by atoms with Crippen LogP contribution in [0.25, 0.3) is 0 Å². The normalized spacial score (nSPS) is 21.5. The number of carbonyl (C=O) groups is 1. The Balaban J connectivity index is 1.55. The van der Waals surface area contributed by atoms with E-state index in [1.165, 1.54) is 12.8 Å². The summed E-state index contributed by atoms with van der Waals surface area (Å²) in [7, 11) is 0. The molecule has 1 saturated heterocycles. The summed E-state index contributed by atoms with van der Waals surface area (Å²) in [5.74, 6) is 1.78. The van der Waals surface area contributed by atoms with Crippen molar-refractivity contribution in [2.75, 3.05) is 26.2 Å². The molecule has 1 aromatic heterocycles. The minimum atomic E-state index is -0.0206. The lowest BCUT2D eigenvalue weighted by Gasteiger charge is -2.24. The molecule has 0 spiro atoms. The number of hydrogen-bond acceptors (Lipinski definition) is 3. The lowest BCUT2D eigenvalue weighted by atomic mass is 10.1. The smallest absolute Gasteiger partial charge is 0.317 e. The second-order valence-electron chi connectivity index (χ2n) is 6.65. The van der Waals surface area contributed by atoms with Crippen LogP contribution in [0.3, 0.4) is 0 Å². The van der Waals surface area contributed by atoms with Crippen molar-refractivity contribution in [1.82, 2.24) is 15.1 Å². The molecule has 1 aromatic rings. The zero-order valence-electron chi connectivity index (χ0n) is 13.9. The summed E-state index contributed by atoms with van der Waals surface area (Å²) in [5.41, 5.74) is 1.07. The molecule has 22 heavy (non-hydrogen) atoms. The SMILES string of the molecule is Cc1cc([C@@H](C)NC(=O)N2CCCN(C3CC3)CC2)c(C)o1. The third kappa shape index (κ3) is 3.46. The van der Waals surface area contributed by atoms with Gasteiger partial charge in [0.25, 0.3) is 0 Å². The molecular formula is C17H27N3O2. The fraction of sp³-hybridized carbons (Fsp3) is 0.706. The summed E-state index contributed by atoms with van der Waals surface area (Å²) in [6, 6.07) is 2.83. The maximum atomic E-state index is 12.5. The second-order valence-corrected chi connectivity index (χ2v) is 6.65. The Hall–Kier alpha value is -1.49. The van der Waals surface area contributed by atoms with E-state index in [1.807, 2.05) is 31.7 Å². The number of rotatable bonds is 3. The highest BCUT2D eigenvalue weighted by atomic mass is 16.3. The Kier molecular flexibility index (Phi) is 4.43. The van der Waals surface area contributed by atoms with Gasteiger partial charge in [-0.15, -0.1) is 0 Å². The summed E-state index contributed by atoms with van der Waals surface area (Å²) in [5, 5.41) is 3.12. The maximum absolute atomic E-state index is 12.5. The Labute approximate surface area is 132 Å². The first-order valence-electron chi connectivity index (χ1n) is 8.41. The van der Waals surface area contributed by atoms with Gasteiger partial charge in [0.1, 0.15) is 11.5 Å². The van der Waals surface area contributed by atoms with Crippen molar-refractivity contribution in [2.45, 2.75) is 52.1 Å². The average Bonchev–Trinajstić information content (AvgIpc) is 3.26. The summed E-state index contributed by atoms with van der Waals surface area (Å²) in [6.07, 6.45) is 3.74. The number of nitrogens with one attached hydrogen (secondary N) is 1. The first kappa shape index (κ1) is 15.4. The lowest BCUT2D eigenvalue weighted by Crippen LogP contribution is -2.43. The number of carbonyl (C=O) groups excluding carboxylic acids is 1. The van der Waals surface area contributed by atoms with Crippen molar-refractivity contribution >= 4 is 6.03 Å². The predicted octanol–water partition coefficient (Wildman–Crippen LogP) is 2.84. The van der Waals surface area contributed by atoms with Gasteiger partial charge in [-0.1, -0.05) is 0 Å². The van der Waals surface area contributed by atoms with Crippen LogP contribution >= 0.6 is 0 Å². The molecule has 2 heterocycles. The van der Waals surface area contributed by atoms with Gasteiger partial charge in [-0.3, -0.25) is 4.90 Å². The number of furan rings is 1. The molecule has 2 aliphatic rings. The molecule has 0 aromatic carbocycles. The minimum Gasteiger partial charge on any atom is -0.466 e. The number of nitrogens with zero attached hydrogens (tertiary/aromatic N) is 2. The standard InChI is InChI=1S/C17H27N3O2/c1-12-11-16(14(3)22-12)13(2)18-17(21)20-8-4-7-19(9-10-20)15-5-6-15/h11,13,15H,4-10H2,1-3H3,(H,18,21)/t13-/m1/s1. The van der Waals surface area contributed by atoms with Gasteiger partial charge in [-0.05, 0) is 46.1 Å².